The number of benzene rings is 1. The maximum absolute atomic E-state index is 10.6. The van der Waals surface area contributed by atoms with Crippen LogP contribution in [0.1, 0.15) is 0 Å². The highest BCUT2D eigenvalue weighted by atomic mass is 35.5. The third kappa shape index (κ3) is 4.57. The van der Waals surface area contributed by atoms with Crippen LogP contribution < -0.4 is 4.74 Å². The number of fused-ring (bicyclic) bond motifs is 1. The number of hydrogen-bond donors (Lipinski definition) is 2. The SMILES string of the molecule is COc1cc2nc(-c3cnccn3)[nH]c2cc1Cl.O=C(O)C(F)(F)F. The quantitative estimate of drug-likeness (QED) is 0.713. The maximum Gasteiger partial charge on any atom is 0.490 e. The number of aromatic amines is 1. The van der Waals surface area contributed by atoms with Crippen molar-refractivity contribution in [2.75, 3.05) is 7.11 Å². The van der Waals surface area contributed by atoms with Gasteiger partial charge < -0.3 is 14.8 Å². The van der Waals surface area contributed by atoms with Crippen molar-refractivity contribution in [2.24, 2.45) is 0 Å². The number of rotatable bonds is 2. The Balaban J connectivity index is 0.000000277. The Morgan fingerprint density at radius 3 is 2.52 bits per heavy atom. The summed E-state index contributed by atoms with van der Waals surface area (Å²) in [5.74, 6) is -1.50. The Labute approximate surface area is 143 Å². The van der Waals surface area contributed by atoms with Crippen LogP contribution in [-0.2, 0) is 4.79 Å². The Kier molecular flexibility index (Phi) is 5.42. The normalized spacial score (nSPS) is 10.9. The summed E-state index contributed by atoms with van der Waals surface area (Å²) in [7, 11) is 1.57. The average Bonchev–Trinajstić information content (AvgIpc) is 2.97. The molecule has 0 saturated carbocycles. The summed E-state index contributed by atoms with van der Waals surface area (Å²) in [5, 5.41) is 7.67. The lowest BCUT2D eigenvalue weighted by molar-refractivity contribution is -0.192. The van der Waals surface area contributed by atoms with Crippen molar-refractivity contribution in [3.8, 4) is 17.3 Å². The first-order valence-corrected chi connectivity index (χ1v) is 6.90. The van der Waals surface area contributed by atoms with Gasteiger partial charge >= 0.3 is 12.1 Å². The minimum Gasteiger partial charge on any atom is -0.495 e. The molecule has 0 aliphatic rings. The van der Waals surface area contributed by atoms with Gasteiger partial charge in [0.15, 0.2) is 5.82 Å². The third-order valence-electron chi connectivity index (χ3n) is 2.80. The first-order chi connectivity index (χ1) is 11.7. The maximum atomic E-state index is 10.6. The zero-order valence-electron chi connectivity index (χ0n) is 12.5. The van der Waals surface area contributed by atoms with Crippen molar-refractivity contribution in [1.29, 1.82) is 0 Å². The van der Waals surface area contributed by atoms with Crippen LogP contribution in [0.3, 0.4) is 0 Å². The monoisotopic (exact) mass is 374 g/mol. The topological polar surface area (TPSA) is 101 Å². The summed E-state index contributed by atoms with van der Waals surface area (Å²) in [5.41, 5.74) is 2.29. The van der Waals surface area contributed by atoms with Crippen molar-refractivity contribution in [1.82, 2.24) is 19.9 Å². The predicted molar refractivity (Wildman–Crippen MR) is 82.4 cm³/mol. The van der Waals surface area contributed by atoms with Crippen LogP contribution in [0, 0.1) is 0 Å². The van der Waals surface area contributed by atoms with E-state index in [-0.39, 0.29) is 0 Å². The van der Waals surface area contributed by atoms with Crippen LogP contribution in [0.2, 0.25) is 5.02 Å². The number of imidazole rings is 1. The molecule has 0 fully saturated rings. The van der Waals surface area contributed by atoms with Gasteiger partial charge in [-0.15, -0.1) is 0 Å². The van der Waals surface area contributed by atoms with E-state index in [4.69, 9.17) is 26.2 Å². The van der Waals surface area contributed by atoms with E-state index >= 15 is 0 Å². The molecule has 11 heteroatoms. The minimum absolute atomic E-state index is 0.541. The number of carboxylic acids is 1. The Morgan fingerprint density at radius 2 is 2.00 bits per heavy atom. The summed E-state index contributed by atoms with van der Waals surface area (Å²) in [6, 6.07) is 3.57. The third-order valence-corrected chi connectivity index (χ3v) is 3.10. The second-order valence-electron chi connectivity index (χ2n) is 4.48. The molecule has 3 aromatic rings. The highest BCUT2D eigenvalue weighted by Crippen LogP contribution is 2.29. The number of carboxylic acid groups (broad SMARTS) is 1. The minimum atomic E-state index is -5.08. The van der Waals surface area contributed by atoms with Crippen LogP contribution >= 0.6 is 11.6 Å². The molecule has 0 aliphatic heterocycles. The van der Waals surface area contributed by atoms with E-state index in [1.807, 2.05) is 0 Å². The lowest BCUT2D eigenvalue weighted by Crippen LogP contribution is -2.21. The lowest BCUT2D eigenvalue weighted by atomic mass is 10.3. The molecule has 2 N–H and O–H groups in total. The number of aromatic nitrogens is 4. The Bertz CT molecular complexity index is 884. The predicted octanol–water partition coefficient (Wildman–Crippen LogP) is 3.32. The van der Waals surface area contributed by atoms with E-state index in [0.717, 1.165) is 11.0 Å². The van der Waals surface area contributed by atoms with Crippen molar-refractivity contribution in [2.45, 2.75) is 6.18 Å². The smallest absolute Gasteiger partial charge is 0.490 e. The molecule has 1 aromatic carbocycles. The van der Waals surface area contributed by atoms with E-state index in [2.05, 4.69) is 19.9 Å². The molecule has 0 unspecified atom stereocenters. The summed E-state index contributed by atoms with van der Waals surface area (Å²) in [6.07, 6.45) is -0.196. The van der Waals surface area contributed by atoms with E-state index < -0.39 is 12.1 Å². The molecule has 2 aromatic heterocycles. The summed E-state index contributed by atoms with van der Waals surface area (Å²) in [4.78, 5) is 24.7. The number of methoxy groups -OCH3 is 1. The van der Waals surface area contributed by atoms with Gasteiger partial charge in [0, 0.05) is 18.5 Å². The summed E-state index contributed by atoms with van der Waals surface area (Å²) >= 11 is 6.06. The highest BCUT2D eigenvalue weighted by molar-refractivity contribution is 6.32. The van der Waals surface area contributed by atoms with Crippen molar-refractivity contribution in [3.63, 3.8) is 0 Å². The summed E-state index contributed by atoms with van der Waals surface area (Å²) in [6.45, 7) is 0. The van der Waals surface area contributed by atoms with Gasteiger partial charge in [-0.1, -0.05) is 11.6 Å². The number of ether oxygens (including phenoxy) is 1. The first-order valence-electron chi connectivity index (χ1n) is 6.52. The van der Waals surface area contributed by atoms with Gasteiger partial charge in [-0.3, -0.25) is 4.98 Å². The number of halogens is 4. The second-order valence-corrected chi connectivity index (χ2v) is 4.89. The highest BCUT2D eigenvalue weighted by Gasteiger charge is 2.38. The fraction of sp³-hybridized carbons (Fsp3) is 0.143. The molecule has 0 radical (unpaired) electrons. The molecule has 25 heavy (non-hydrogen) atoms. The van der Waals surface area contributed by atoms with E-state index in [0.29, 0.717) is 22.3 Å². The van der Waals surface area contributed by atoms with E-state index in [9.17, 15) is 13.2 Å². The van der Waals surface area contributed by atoms with Gasteiger partial charge in [0.25, 0.3) is 0 Å². The van der Waals surface area contributed by atoms with Gasteiger partial charge in [-0.2, -0.15) is 13.2 Å². The fourth-order valence-corrected chi connectivity index (χ4v) is 1.95. The Hall–Kier alpha value is -2.88. The number of aliphatic carboxylic acids is 1. The molecule has 7 nitrogen and oxygen atoms in total. The number of alkyl halides is 3. The molecule has 0 spiro atoms. The van der Waals surface area contributed by atoms with Crippen LogP contribution in [-0.4, -0.2) is 44.3 Å². The molecule has 0 saturated heterocycles. The van der Waals surface area contributed by atoms with Gasteiger partial charge in [0.1, 0.15) is 11.4 Å². The van der Waals surface area contributed by atoms with Gasteiger partial charge in [0.2, 0.25) is 0 Å². The second kappa shape index (κ2) is 7.34. The van der Waals surface area contributed by atoms with Crippen LogP contribution in [0.25, 0.3) is 22.6 Å². The van der Waals surface area contributed by atoms with Gasteiger partial charge in [0.05, 0.1) is 29.4 Å². The van der Waals surface area contributed by atoms with Gasteiger partial charge in [-0.05, 0) is 6.07 Å². The lowest BCUT2D eigenvalue weighted by Gasteiger charge is -2.00. The standard InChI is InChI=1S/C12H9ClN4O.C2HF3O2/c1-18-11-5-9-8(4-7(11)13)16-12(17-9)10-6-14-2-3-15-10;3-2(4,5)1(6)7/h2-6H,1H3,(H,16,17);(H,6,7). The zero-order valence-corrected chi connectivity index (χ0v) is 13.3. The molecule has 0 amide bonds. The molecular weight excluding hydrogens is 365 g/mol. The molecule has 0 atom stereocenters. The van der Waals surface area contributed by atoms with Crippen molar-refractivity contribution < 1.29 is 27.8 Å². The van der Waals surface area contributed by atoms with Crippen molar-refractivity contribution in [3.05, 3.63) is 35.7 Å². The summed E-state index contributed by atoms with van der Waals surface area (Å²) < 4.78 is 36.9. The largest absolute Gasteiger partial charge is 0.495 e. The number of carbonyl (C=O) groups is 1. The average molecular weight is 375 g/mol. The number of nitrogens with zero attached hydrogens (tertiary/aromatic N) is 3. The molecule has 3 rings (SSSR count). The zero-order chi connectivity index (χ0) is 18.6. The molecule has 0 bridgehead atoms. The first kappa shape index (κ1) is 18.5. The van der Waals surface area contributed by atoms with Crippen LogP contribution in [0.4, 0.5) is 13.2 Å². The molecule has 0 aliphatic carbocycles. The molecule has 2 heterocycles. The number of H-pyrrole nitrogens is 1. The molecular formula is C14H10ClF3N4O3. The van der Waals surface area contributed by atoms with Crippen LogP contribution in [0.5, 0.6) is 5.75 Å². The molecule has 132 valence electrons. The number of hydrogen-bond acceptors (Lipinski definition) is 5. The fourth-order valence-electron chi connectivity index (χ4n) is 1.71. The Morgan fingerprint density at radius 1 is 1.32 bits per heavy atom. The van der Waals surface area contributed by atoms with Crippen LogP contribution in [0.15, 0.2) is 30.7 Å². The van der Waals surface area contributed by atoms with Crippen molar-refractivity contribution >= 4 is 28.6 Å². The van der Waals surface area contributed by atoms with E-state index in [1.54, 1.807) is 37.8 Å². The van der Waals surface area contributed by atoms with E-state index in [1.165, 1.54) is 0 Å². The number of nitrogens with one attached hydrogen (secondary N) is 1. The van der Waals surface area contributed by atoms with Gasteiger partial charge in [-0.25, -0.2) is 14.8 Å².